The molecule has 0 radical (unpaired) electrons. The third-order valence-corrected chi connectivity index (χ3v) is 3.27. The van der Waals surface area contributed by atoms with Crippen LogP contribution in [0, 0.1) is 5.92 Å². The number of anilines is 1. The van der Waals surface area contributed by atoms with Crippen molar-refractivity contribution in [3.05, 3.63) is 24.5 Å². The zero-order chi connectivity index (χ0) is 13.5. The summed E-state index contributed by atoms with van der Waals surface area (Å²) in [6, 6.07) is 3.88. The first-order valence-electron chi connectivity index (χ1n) is 7.30. The Labute approximate surface area is 115 Å². The molecule has 1 N–H and O–H groups in total. The first kappa shape index (κ1) is 13.8. The number of nitrogens with zero attached hydrogens (tertiary/aromatic N) is 3. The molecule has 0 saturated carbocycles. The molecular formula is C15H24N4. The van der Waals surface area contributed by atoms with Crippen molar-refractivity contribution in [1.29, 1.82) is 0 Å². The molecule has 2 aromatic heterocycles. The quantitative estimate of drug-likeness (QED) is 0.735. The molecule has 0 fully saturated rings. The molecule has 0 atom stereocenters. The average Bonchev–Trinajstić information content (AvgIpc) is 2.84. The van der Waals surface area contributed by atoms with Crippen LogP contribution in [0.25, 0.3) is 5.65 Å². The van der Waals surface area contributed by atoms with Crippen LogP contribution in [0.3, 0.4) is 0 Å². The Morgan fingerprint density at radius 3 is 2.84 bits per heavy atom. The molecule has 0 aromatic carbocycles. The monoisotopic (exact) mass is 260 g/mol. The van der Waals surface area contributed by atoms with Gasteiger partial charge in [0.05, 0.1) is 6.20 Å². The van der Waals surface area contributed by atoms with Gasteiger partial charge in [0.25, 0.3) is 0 Å². The third kappa shape index (κ3) is 4.54. The lowest BCUT2D eigenvalue weighted by molar-refractivity contribution is 0.523. The van der Waals surface area contributed by atoms with Crippen molar-refractivity contribution in [2.75, 3.05) is 11.9 Å². The lowest BCUT2D eigenvalue weighted by Gasteiger charge is -2.06. The molecule has 2 aromatic rings. The highest BCUT2D eigenvalue weighted by Gasteiger charge is 1.98. The molecule has 0 unspecified atom stereocenters. The van der Waals surface area contributed by atoms with Crippen LogP contribution >= 0.6 is 0 Å². The Balaban J connectivity index is 1.62. The second kappa shape index (κ2) is 7.12. The van der Waals surface area contributed by atoms with E-state index in [1.165, 1.54) is 32.1 Å². The van der Waals surface area contributed by atoms with Crippen LogP contribution in [0.15, 0.2) is 24.5 Å². The maximum atomic E-state index is 4.48. The number of hydrogen-bond acceptors (Lipinski definition) is 3. The first-order chi connectivity index (χ1) is 9.25. The van der Waals surface area contributed by atoms with Gasteiger partial charge in [-0.3, -0.25) is 0 Å². The molecular weight excluding hydrogens is 236 g/mol. The van der Waals surface area contributed by atoms with E-state index in [-0.39, 0.29) is 0 Å². The van der Waals surface area contributed by atoms with Gasteiger partial charge in [0.15, 0.2) is 5.65 Å². The van der Waals surface area contributed by atoms with Gasteiger partial charge in [-0.05, 0) is 18.4 Å². The van der Waals surface area contributed by atoms with E-state index < -0.39 is 0 Å². The Hall–Kier alpha value is -1.58. The zero-order valence-corrected chi connectivity index (χ0v) is 12.0. The van der Waals surface area contributed by atoms with Crippen LogP contribution in [-0.2, 0) is 0 Å². The maximum Gasteiger partial charge on any atom is 0.157 e. The van der Waals surface area contributed by atoms with E-state index in [0.29, 0.717) is 0 Å². The van der Waals surface area contributed by atoms with Crippen LogP contribution in [0.5, 0.6) is 0 Å². The van der Waals surface area contributed by atoms with Crippen molar-refractivity contribution in [2.24, 2.45) is 5.92 Å². The lowest BCUT2D eigenvalue weighted by Crippen LogP contribution is -2.04. The van der Waals surface area contributed by atoms with E-state index in [2.05, 4.69) is 29.2 Å². The van der Waals surface area contributed by atoms with Gasteiger partial charge in [-0.15, -0.1) is 0 Å². The fourth-order valence-electron chi connectivity index (χ4n) is 2.16. The second-order valence-corrected chi connectivity index (χ2v) is 5.47. The fourth-order valence-corrected chi connectivity index (χ4v) is 2.16. The van der Waals surface area contributed by atoms with E-state index in [0.717, 1.165) is 23.9 Å². The summed E-state index contributed by atoms with van der Waals surface area (Å²) in [5.74, 6) is 1.78. The Morgan fingerprint density at radius 2 is 2.00 bits per heavy atom. The topological polar surface area (TPSA) is 42.2 Å². The minimum absolute atomic E-state index is 0.838. The van der Waals surface area contributed by atoms with Crippen molar-refractivity contribution in [2.45, 2.75) is 46.0 Å². The second-order valence-electron chi connectivity index (χ2n) is 5.47. The van der Waals surface area contributed by atoms with Gasteiger partial charge in [0.1, 0.15) is 5.82 Å². The van der Waals surface area contributed by atoms with Crippen molar-refractivity contribution >= 4 is 11.5 Å². The summed E-state index contributed by atoms with van der Waals surface area (Å²) in [5.41, 5.74) is 0.891. The Bertz CT molecular complexity index is 490. The summed E-state index contributed by atoms with van der Waals surface area (Å²) in [7, 11) is 0. The number of fused-ring (bicyclic) bond motifs is 1. The van der Waals surface area contributed by atoms with Gasteiger partial charge in [-0.1, -0.05) is 39.5 Å². The molecule has 0 spiro atoms. The predicted octanol–water partition coefficient (Wildman–Crippen LogP) is 3.75. The number of aromatic nitrogens is 3. The number of nitrogens with one attached hydrogen (secondary N) is 1. The third-order valence-electron chi connectivity index (χ3n) is 3.27. The molecule has 4 heteroatoms. The molecule has 0 amide bonds. The van der Waals surface area contributed by atoms with Crippen molar-refractivity contribution in [1.82, 2.24) is 14.6 Å². The number of hydrogen-bond donors (Lipinski definition) is 1. The molecule has 0 aliphatic carbocycles. The van der Waals surface area contributed by atoms with E-state index in [1.54, 1.807) is 10.7 Å². The molecule has 0 aliphatic heterocycles. The van der Waals surface area contributed by atoms with Crippen LogP contribution in [0.4, 0.5) is 5.82 Å². The normalized spacial score (nSPS) is 11.3. The van der Waals surface area contributed by atoms with Gasteiger partial charge in [-0.25, -0.2) is 9.50 Å². The molecule has 19 heavy (non-hydrogen) atoms. The summed E-state index contributed by atoms with van der Waals surface area (Å²) in [6.07, 6.45) is 10.3. The highest BCUT2D eigenvalue weighted by atomic mass is 15.2. The van der Waals surface area contributed by atoms with Crippen LogP contribution < -0.4 is 5.32 Å². The van der Waals surface area contributed by atoms with Gasteiger partial charge >= 0.3 is 0 Å². The minimum Gasteiger partial charge on any atom is -0.370 e. The first-order valence-corrected chi connectivity index (χ1v) is 7.30. The van der Waals surface area contributed by atoms with Crippen molar-refractivity contribution in [3.8, 4) is 0 Å². The van der Waals surface area contributed by atoms with Crippen LogP contribution in [-0.4, -0.2) is 21.1 Å². The minimum atomic E-state index is 0.838. The maximum absolute atomic E-state index is 4.48. The summed E-state index contributed by atoms with van der Waals surface area (Å²) in [6.45, 7) is 5.58. The molecule has 0 bridgehead atoms. The Morgan fingerprint density at radius 1 is 1.16 bits per heavy atom. The Kier molecular flexibility index (Phi) is 5.19. The molecule has 0 saturated heterocycles. The van der Waals surface area contributed by atoms with E-state index in [4.69, 9.17) is 0 Å². The summed E-state index contributed by atoms with van der Waals surface area (Å²) < 4.78 is 1.77. The highest BCUT2D eigenvalue weighted by molar-refractivity contribution is 5.45. The molecule has 4 nitrogen and oxygen atoms in total. The standard InChI is InChI=1S/C15H24N4/c1-13(2)7-5-3-4-6-10-16-14-9-12-19-15(18-14)8-11-17-19/h8-9,11-13H,3-7,10H2,1-2H3,(H,16,18). The summed E-state index contributed by atoms with van der Waals surface area (Å²) in [4.78, 5) is 4.48. The number of unbranched alkanes of at least 4 members (excludes halogenated alkanes) is 3. The summed E-state index contributed by atoms with van der Waals surface area (Å²) in [5, 5.41) is 7.50. The van der Waals surface area contributed by atoms with Crippen LogP contribution in [0.1, 0.15) is 46.0 Å². The SMILES string of the molecule is CC(C)CCCCCCNc1ccn2nccc2n1. The fraction of sp³-hybridized carbons (Fsp3) is 0.600. The zero-order valence-electron chi connectivity index (χ0n) is 12.0. The molecule has 2 rings (SSSR count). The van der Waals surface area contributed by atoms with Gasteiger partial charge < -0.3 is 5.32 Å². The average molecular weight is 260 g/mol. The molecule has 0 aliphatic rings. The summed E-state index contributed by atoms with van der Waals surface area (Å²) >= 11 is 0. The highest BCUT2D eigenvalue weighted by Crippen LogP contribution is 2.10. The molecule has 104 valence electrons. The number of rotatable bonds is 8. The lowest BCUT2D eigenvalue weighted by atomic mass is 10.0. The smallest absolute Gasteiger partial charge is 0.157 e. The predicted molar refractivity (Wildman–Crippen MR) is 79.4 cm³/mol. The van der Waals surface area contributed by atoms with Crippen LogP contribution in [0.2, 0.25) is 0 Å². The van der Waals surface area contributed by atoms with Crippen molar-refractivity contribution < 1.29 is 0 Å². The van der Waals surface area contributed by atoms with E-state index in [9.17, 15) is 0 Å². The van der Waals surface area contributed by atoms with Crippen molar-refractivity contribution in [3.63, 3.8) is 0 Å². The molecule has 2 heterocycles. The van der Waals surface area contributed by atoms with Gasteiger partial charge in [-0.2, -0.15) is 5.10 Å². The largest absolute Gasteiger partial charge is 0.370 e. The van der Waals surface area contributed by atoms with E-state index in [1.807, 2.05) is 18.3 Å². The van der Waals surface area contributed by atoms with Gasteiger partial charge in [0.2, 0.25) is 0 Å². The van der Waals surface area contributed by atoms with Gasteiger partial charge in [0, 0.05) is 18.8 Å². The van der Waals surface area contributed by atoms with E-state index >= 15 is 0 Å².